The second-order valence-corrected chi connectivity index (χ2v) is 4.40. The first-order valence-electron chi connectivity index (χ1n) is 5.65. The molecule has 0 saturated carbocycles. The molecule has 1 atom stereocenters. The standard InChI is InChI=1S/C12H12F5N/c1-2-18-4-6(5-18)10(15)9-11(16)7(13)3-8(14)12(9)17/h3,6,10H,2,4-5H2,1H3. The lowest BCUT2D eigenvalue weighted by Gasteiger charge is -2.40. The van der Waals surface area contributed by atoms with Crippen molar-refractivity contribution in [2.24, 2.45) is 5.92 Å². The second kappa shape index (κ2) is 4.84. The molecule has 0 N–H and O–H groups in total. The summed E-state index contributed by atoms with van der Waals surface area (Å²) in [5.74, 6) is -7.06. The van der Waals surface area contributed by atoms with Gasteiger partial charge in [0.15, 0.2) is 23.3 Å². The first-order valence-corrected chi connectivity index (χ1v) is 5.65. The molecule has 0 spiro atoms. The molecule has 6 heteroatoms. The quantitative estimate of drug-likeness (QED) is 0.599. The Labute approximate surface area is 101 Å². The lowest BCUT2D eigenvalue weighted by molar-refractivity contribution is 0.0390. The van der Waals surface area contributed by atoms with E-state index in [2.05, 4.69) is 0 Å². The van der Waals surface area contributed by atoms with Crippen LogP contribution in [0, 0.1) is 29.2 Å². The summed E-state index contributed by atoms with van der Waals surface area (Å²) >= 11 is 0. The van der Waals surface area contributed by atoms with Crippen molar-refractivity contribution in [1.82, 2.24) is 4.90 Å². The molecule has 0 aromatic heterocycles. The van der Waals surface area contributed by atoms with Gasteiger partial charge in [0.1, 0.15) is 6.17 Å². The highest BCUT2D eigenvalue weighted by atomic mass is 19.2. The summed E-state index contributed by atoms with van der Waals surface area (Å²) in [6.45, 7) is 3.22. The predicted octanol–water partition coefficient (Wildman–Crippen LogP) is 3.21. The maximum Gasteiger partial charge on any atom is 0.168 e. The van der Waals surface area contributed by atoms with Gasteiger partial charge in [-0.3, -0.25) is 0 Å². The maximum atomic E-state index is 13.9. The molecule has 1 aliphatic rings. The van der Waals surface area contributed by atoms with E-state index in [1.807, 2.05) is 11.8 Å². The van der Waals surface area contributed by atoms with E-state index in [0.29, 0.717) is 19.6 Å². The monoisotopic (exact) mass is 265 g/mol. The Bertz CT molecular complexity index is 430. The molecular formula is C12H12F5N. The topological polar surface area (TPSA) is 3.24 Å². The zero-order chi connectivity index (χ0) is 13.4. The summed E-state index contributed by atoms with van der Waals surface area (Å²) < 4.78 is 66.5. The van der Waals surface area contributed by atoms with Gasteiger partial charge in [0.25, 0.3) is 0 Å². The fourth-order valence-electron chi connectivity index (χ4n) is 2.12. The normalized spacial score (nSPS) is 18.8. The zero-order valence-corrected chi connectivity index (χ0v) is 9.69. The van der Waals surface area contributed by atoms with Gasteiger partial charge in [-0.1, -0.05) is 6.92 Å². The number of benzene rings is 1. The molecule has 1 nitrogen and oxygen atoms in total. The van der Waals surface area contributed by atoms with Crippen LogP contribution in [0.25, 0.3) is 0 Å². The molecule has 0 bridgehead atoms. The molecule has 0 amide bonds. The summed E-state index contributed by atoms with van der Waals surface area (Å²) in [7, 11) is 0. The third kappa shape index (κ3) is 2.09. The first-order chi connectivity index (χ1) is 8.45. The number of likely N-dealkylation sites (tertiary alicyclic amines) is 1. The molecule has 2 rings (SSSR count). The zero-order valence-electron chi connectivity index (χ0n) is 9.69. The van der Waals surface area contributed by atoms with Crippen LogP contribution in [0.3, 0.4) is 0 Å². The molecule has 1 heterocycles. The number of rotatable bonds is 3. The van der Waals surface area contributed by atoms with E-state index < -0.39 is 40.9 Å². The van der Waals surface area contributed by atoms with E-state index in [1.165, 1.54) is 0 Å². The van der Waals surface area contributed by atoms with Crippen LogP contribution in [0.4, 0.5) is 22.0 Å². The SMILES string of the molecule is CCN1CC(C(F)c2c(F)c(F)cc(F)c2F)C1. The van der Waals surface area contributed by atoms with Crippen molar-refractivity contribution in [3.8, 4) is 0 Å². The molecular weight excluding hydrogens is 253 g/mol. The largest absolute Gasteiger partial charge is 0.303 e. The molecule has 1 fully saturated rings. The number of halogens is 5. The fraction of sp³-hybridized carbons (Fsp3) is 0.500. The van der Waals surface area contributed by atoms with E-state index in [4.69, 9.17) is 0 Å². The second-order valence-electron chi connectivity index (χ2n) is 4.40. The third-order valence-electron chi connectivity index (χ3n) is 3.27. The lowest BCUT2D eigenvalue weighted by atomic mass is 9.89. The highest BCUT2D eigenvalue weighted by Crippen LogP contribution is 2.36. The number of alkyl halides is 1. The molecule has 1 saturated heterocycles. The molecule has 18 heavy (non-hydrogen) atoms. The highest BCUT2D eigenvalue weighted by molar-refractivity contribution is 5.26. The van der Waals surface area contributed by atoms with Gasteiger partial charge in [-0.15, -0.1) is 0 Å². The van der Waals surface area contributed by atoms with Crippen molar-refractivity contribution < 1.29 is 22.0 Å². The Hall–Kier alpha value is -1.17. The van der Waals surface area contributed by atoms with Crippen molar-refractivity contribution in [3.63, 3.8) is 0 Å². The van der Waals surface area contributed by atoms with Crippen molar-refractivity contribution in [2.45, 2.75) is 13.1 Å². The van der Waals surface area contributed by atoms with Crippen LogP contribution in [0.15, 0.2) is 6.07 Å². The predicted molar refractivity (Wildman–Crippen MR) is 55.7 cm³/mol. The number of hydrogen-bond donors (Lipinski definition) is 0. The first kappa shape index (κ1) is 13.3. The minimum atomic E-state index is -2.03. The molecule has 0 aliphatic carbocycles. The van der Waals surface area contributed by atoms with Gasteiger partial charge < -0.3 is 4.90 Å². The van der Waals surface area contributed by atoms with Crippen LogP contribution in [0.2, 0.25) is 0 Å². The molecule has 1 aromatic rings. The van der Waals surface area contributed by atoms with Gasteiger partial charge >= 0.3 is 0 Å². The van der Waals surface area contributed by atoms with E-state index in [1.54, 1.807) is 0 Å². The van der Waals surface area contributed by atoms with E-state index in [0.717, 1.165) is 0 Å². The summed E-state index contributed by atoms with van der Waals surface area (Å²) in [4.78, 5) is 1.86. The van der Waals surface area contributed by atoms with Gasteiger partial charge in [-0.25, -0.2) is 22.0 Å². The molecule has 0 radical (unpaired) electrons. The Morgan fingerprint density at radius 2 is 1.67 bits per heavy atom. The summed E-state index contributed by atoms with van der Waals surface area (Å²) in [5, 5.41) is 0. The van der Waals surface area contributed by atoms with Crippen LogP contribution < -0.4 is 0 Å². The number of hydrogen-bond acceptors (Lipinski definition) is 1. The van der Waals surface area contributed by atoms with E-state index in [-0.39, 0.29) is 6.07 Å². The molecule has 1 aromatic carbocycles. The van der Waals surface area contributed by atoms with Crippen LogP contribution in [0.5, 0.6) is 0 Å². The van der Waals surface area contributed by atoms with Gasteiger partial charge in [0, 0.05) is 25.1 Å². The van der Waals surface area contributed by atoms with Crippen LogP contribution in [-0.2, 0) is 0 Å². The van der Waals surface area contributed by atoms with E-state index in [9.17, 15) is 22.0 Å². The van der Waals surface area contributed by atoms with Crippen molar-refractivity contribution in [1.29, 1.82) is 0 Å². The molecule has 100 valence electrons. The Morgan fingerprint density at radius 3 is 2.11 bits per heavy atom. The van der Waals surface area contributed by atoms with Gasteiger partial charge in [-0.05, 0) is 6.54 Å². The van der Waals surface area contributed by atoms with Crippen molar-refractivity contribution in [3.05, 3.63) is 34.9 Å². The third-order valence-corrected chi connectivity index (χ3v) is 3.27. The van der Waals surface area contributed by atoms with Crippen molar-refractivity contribution in [2.75, 3.05) is 19.6 Å². The molecule has 1 unspecified atom stereocenters. The minimum absolute atomic E-state index is 0.0833. The number of nitrogens with zero attached hydrogens (tertiary/aromatic N) is 1. The van der Waals surface area contributed by atoms with Gasteiger partial charge in [0.05, 0.1) is 5.56 Å². The Kier molecular flexibility index (Phi) is 3.56. The van der Waals surface area contributed by atoms with Crippen LogP contribution in [0.1, 0.15) is 18.7 Å². The van der Waals surface area contributed by atoms with E-state index >= 15 is 0 Å². The average molecular weight is 265 g/mol. The lowest BCUT2D eigenvalue weighted by Crippen LogP contribution is -2.48. The summed E-state index contributed by atoms with van der Waals surface area (Å²) in [5.41, 5.74) is -1.13. The highest BCUT2D eigenvalue weighted by Gasteiger charge is 2.38. The average Bonchev–Trinajstić information content (AvgIpc) is 2.25. The minimum Gasteiger partial charge on any atom is -0.303 e. The van der Waals surface area contributed by atoms with Crippen LogP contribution >= 0.6 is 0 Å². The Balaban J connectivity index is 2.28. The smallest absolute Gasteiger partial charge is 0.168 e. The van der Waals surface area contributed by atoms with Crippen molar-refractivity contribution >= 4 is 0 Å². The Morgan fingerprint density at radius 1 is 1.17 bits per heavy atom. The van der Waals surface area contributed by atoms with Gasteiger partial charge in [0.2, 0.25) is 0 Å². The fourth-order valence-corrected chi connectivity index (χ4v) is 2.12. The van der Waals surface area contributed by atoms with Crippen LogP contribution in [-0.4, -0.2) is 24.5 Å². The maximum absolute atomic E-state index is 13.9. The molecule has 1 aliphatic heterocycles. The van der Waals surface area contributed by atoms with Gasteiger partial charge in [-0.2, -0.15) is 0 Å². The summed E-state index contributed by atoms with van der Waals surface area (Å²) in [6, 6.07) is 0.0833. The summed E-state index contributed by atoms with van der Waals surface area (Å²) in [6.07, 6.45) is -2.03.